The number of rotatable bonds is 7. The van der Waals surface area contributed by atoms with Crippen LogP contribution < -0.4 is 5.32 Å². The summed E-state index contributed by atoms with van der Waals surface area (Å²) in [4.78, 5) is 20.0. The number of aromatic nitrogens is 1. The molecule has 1 amide bonds. The van der Waals surface area contributed by atoms with Gasteiger partial charge in [0.25, 0.3) is 5.91 Å². The number of hydrogen-bond acceptors (Lipinski definition) is 5. The maximum atomic E-state index is 12.0. The number of thiophene rings is 1. The summed E-state index contributed by atoms with van der Waals surface area (Å²) in [5.74, 6) is -0.171. The maximum Gasteiger partial charge on any atom is 0.252 e. The van der Waals surface area contributed by atoms with E-state index >= 15 is 0 Å². The predicted molar refractivity (Wildman–Crippen MR) is 104 cm³/mol. The molecule has 2 heterocycles. The monoisotopic (exact) mass is 372 g/mol. The van der Waals surface area contributed by atoms with Crippen LogP contribution in [0.1, 0.15) is 15.3 Å². The van der Waals surface area contributed by atoms with Gasteiger partial charge < -0.3 is 4.74 Å². The van der Waals surface area contributed by atoms with Crippen molar-refractivity contribution >= 4 is 33.7 Å². The fourth-order valence-corrected chi connectivity index (χ4v) is 4.22. The fourth-order valence-electron chi connectivity index (χ4n) is 2.40. The van der Waals surface area contributed by atoms with E-state index in [2.05, 4.69) is 41.5 Å². The van der Waals surface area contributed by atoms with E-state index in [4.69, 9.17) is 4.74 Å². The quantitative estimate of drug-likeness (QED) is 0.612. The smallest absolute Gasteiger partial charge is 0.252 e. The van der Waals surface area contributed by atoms with Gasteiger partial charge in [-0.3, -0.25) is 10.1 Å². The summed E-state index contributed by atoms with van der Waals surface area (Å²) in [6.07, 6.45) is 0.798. The Balaban J connectivity index is 1.48. The molecule has 0 fully saturated rings. The van der Waals surface area contributed by atoms with E-state index in [0.29, 0.717) is 11.7 Å². The van der Waals surface area contributed by atoms with E-state index < -0.39 is 0 Å². The van der Waals surface area contributed by atoms with Gasteiger partial charge in [-0.05, 0) is 38.0 Å². The molecule has 0 spiro atoms. The first kappa shape index (κ1) is 17.8. The number of nitrogens with zero attached hydrogens (tertiary/aromatic N) is 1. The Morgan fingerprint density at radius 3 is 2.64 bits per heavy atom. The number of carbonyl (C=O) groups is 1. The summed E-state index contributed by atoms with van der Waals surface area (Å²) in [7, 11) is 0. The van der Waals surface area contributed by atoms with Gasteiger partial charge in [0.1, 0.15) is 6.61 Å². The number of carbonyl (C=O) groups excluding carboxylic acids is 1. The zero-order valence-corrected chi connectivity index (χ0v) is 15.9. The molecule has 1 aromatic carbocycles. The molecule has 0 aliphatic carbocycles. The third-order valence-electron chi connectivity index (χ3n) is 3.63. The van der Waals surface area contributed by atoms with Crippen LogP contribution in [-0.2, 0) is 16.0 Å². The van der Waals surface area contributed by atoms with Gasteiger partial charge in [0.15, 0.2) is 5.13 Å². The number of ether oxygens (including phenoxy) is 1. The van der Waals surface area contributed by atoms with E-state index in [-0.39, 0.29) is 12.5 Å². The van der Waals surface area contributed by atoms with Gasteiger partial charge >= 0.3 is 0 Å². The number of anilines is 1. The third-order valence-corrected chi connectivity index (χ3v) is 5.52. The molecule has 0 aliphatic heterocycles. The highest BCUT2D eigenvalue weighted by Crippen LogP contribution is 2.34. The predicted octanol–water partition coefficient (Wildman–Crippen LogP) is 4.69. The van der Waals surface area contributed by atoms with Crippen molar-refractivity contribution in [2.75, 3.05) is 18.5 Å². The topological polar surface area (TPSA) is 51.2 Å². The molecule has 0 saturated carbocycles. The standard InChI is InChI=1S/C19H20N2O2S2/c1-13-8-9-16(24-13)18-14(2)25-19(21-18)20-17(22)12-23-11-10-15-6-4-3-5-7-15/h3-9H,10-12H2,1-2H3,(H,20,21,22). The number of aryl methyl sites for hydroxylation is 2. The first-order valence-electron chi connectivity index (χ1n) is 8.07. The molecular weight excluding hydrogens is 352 g/mol. The number of amides is 1. The molecule has 25 heavy (non-hydrogen) atoms. The lowest BCUT2D eigenvalue weighted by atomic mass is 10.2. The Labute approximate surface area is 155 Å². The molecule has 0 saturated heterocycles. The molecular formula is C19H20N2O2S2. The Kier molecular flexibility index (Phi) is 5.96. The van der Waals surface area contributed by atoms with Gasteiger partial charge in [0.2, 0.25) is 0 Å². The molecule has 130 valence electrons. The van der Waals surface area contributed by atoms with Crippen LogP contribution in [-0.4, -0.2) is 24.1 Å². The molecule has 0 unspecified atom stereocenters. The van der Waals surface area contributed by atoms with Crippen LogP contribution in [0, 0.1) is 13.8 Å². The van der Waals surface area contributed by atoms with Crippen molar-refractivity contribution in [2.24, 2.45) is 0 Å². The van der Waals surface area contributed by atoms with Crippen molar-refractivity contribution < 1.29 is 9.53 Å². The average Bonchev–Trinajstić information content (AvgIpc) is 3.18. The largest absolute Gasteiger partial charge is 0.371 e. The van der Waals surface area contributed by atoms with Crippen LogP contribution in [0.3, 0.4) is 0 Å². The lowest BCUT2D eigenvalue weighted by Crippen LogP contribution is -2.19. The van der Waals surface area contributed by atoms with Gasteiger partial charge in [-0.2, -0.15) is 0 Å². The van der Waals surface area contributed by atoms with Crippen molar-refractivity contribution in [1.82, 2.24) is 4.98 Å². The number of hydrogen-bond donors (Lipinski definition) is 1. The number of nitrogens with one attached hydrogen (secondary N) is 1. The molecule has 0 bridgehead atoms. The van der Waals surface area contributed by atoms with Crippen molar-refractivity contribution in [2.45, 2.75) is 20.3 Å². The van der Waals surface area contributed by atoms with Crippen LogP contribution in [0.4, 0.5) is 5.13 Å². The van der Waals surface area contributed by atoms with E-state index in [1.165, 1.54) is 21.8 Å². The van der Waals surface area contributed by atoms with Gasteiger partial charge in [0.05, 0.1) is 17.2 Å². The van der Waals surface area contributed by atoms with Crippen molar-refractivity contribution in [3.8, 4) is 10.6 Å². The summed E-state index contributed by atoms with van der Waals surface area (Å²) in [6, 6.07) is 14.2. The van der Waals surface area contributed by atoms with Crippen molar-refractivity contribution in [3.63, 3.8) is 0 Å². The summed E-state index contributed by atoms with van der Waals surface area (Å²) >= 11 is 3.20. The summed E-state index contributed by atoms with van der Waals surface area (Å²) in [5, 5.41) is 3.45. The second-order valence-corrected chi connectivity index (χ2v) is 8.16. The van der Waals surface area contributed by atoms with E-state index in [1.54, 1.807) is 11.3 Å². The van der Waals surface area contributed by atoms with Gasteiger partial charge in [-0.25, -0.2) is 4.98 Å². The number of benzene rings is 1. The second-order valence-electron chi connectivity index (χ2n) is 5.67. The molecule has 2 aromatic heterocycles. The second kappa shape index (κ2) is 8.38. The lowest BCUT2D eigenvalue weighted by molar-refractivity contribution is -0.120. The van der Waals surface area contributed by atoms with Gasteiger partial charge in [-0.1, -0.05) is 30.3 Å². The zero-order chi connectivity index (χ0) is 17.6. The van der Waals surface area contributed by atoms with Crippen LogP contribution in [0.15, 0.2) is 42.5 Å². The van der Waals surface area contributed by atoms with Crippen LogP contribution in [0.5, 0.6) is 0 Å². The van der Waals surface area contributed by atoms with Crippen molar-refractivity contribution in [3.05, 3.63) is 57.8 Å². The minimum Gasteiger partial charge on any atom is -0.371 e. The van der Waals surface area contributed by atoms with Crippen LogP contribution in [0.25, 0.3) is 10.6 Å². The Bertz CT molecular complexity index is 840. The highest BCUT2D eigenvalue weighted by Gasteiger charge is 2.13. The van der Waals surface area contributed by atoms with E-state index in [9.17, 15) is 4.79 Å². The van der Waals surface area contributed by atoms with E-state index in [1.807, 2.05) is 25.1 Å². The molecule has 4 nitrogen and oxygen atoms in total. The van der Waals surface area contributed by atoms with Crippen LogP contribution >= 0.6 is 22.7 Å². The Morgan fingerprint density at radius 1 is 1.12 bits per heavy atom. The maximum absolute atomic E-state index is 12.0. The first-order valence-corrected chi connectivity index (χ1v) is 9.71. The lowest BCUT2D eigenvalue weighted by Gasteiger charge is -2.04. The summed E-state index contributed by atoms with van der Waals surface area (Å²) in [5.41, 5.74) is 2.15. The molecule has 0 aliphatic rings. The normalized spacial score (nSPS) is 10.8. The minimum absolute atomic E-state index is 0.0406. The first-order chi connectivity index (χ1) is 12.1. The third kappa shape index (κ3) is 4.98. The van der Waals surface area contributed by atoms with Gasteiger partial charge in [0, 0.05) is 9.75 Å². The Morgan fingerprint density at radius 2 is 1.92 bits per heavy atom. The number of thiazole rings is 1. The highest BCUT2D eigenvalue weighted by atomic mass is 32.1. The molecule has 3 aromatic rings. The molecule has 3 rings (SSSR count). The molecule has 0 atom stereocenters. The van der Waals surface area contributed by atoms with E-state index in [0.717, 1.165) is 21.9 Å². The summed E-state index contributed by atoms with van der Waals surface area (Å²) in [6.45, 7) is 4.66. The van der Waals surface area contributed by atoms with Gasteiger partial charge in [-0.15, -0.1) is 22.7 Å². The highest BCUT2D eigenvalue weighted by molar-refractivity contribution is 7.18. The fraction of sp³-hybridized carbons (Fsp3) is 0.263. The molecule has 6 heteroatoms. The summed E-state index contributed by atoms with van der Waals surface area (Å²) < 4.78 is 5.46. The Hall–Kier alpha value is -2.02. The zero-order valence-electron chi connectivity index (χ0n) is 14.2. The molecule has 0 radical (unpaired) electrons. The average molecular weight is 373 g/mol. The van der Waals surface area contributed by atoms with Crippen LogP contribution in [0.2, 0.25) is 0 Å². The minimum atomic E-state index is -0.171. The van der Waals surface area contributed by atoms with Crippen molar-refractivity contribution in [1.29, 1.82) is 0 Å². The molecule has 1 N–H and O–H groups in total. The SMILES string of the molecule is Cc1ccc(-c2nc(NC(=O)COCCc3ccccc3)sc2C)s1.